The molecular weight excluding hydrogens is 464 g/mol. The molecule has 0 bridgehead atoms. The second-order valence-electron chi connectivity index (χ2n) is 7.04. The van der Waals surface area contributed by atoms with Gasteiger partial charge in [-0.1, -0.05) is 74.3 Å². The van der Waals surface area contributed by atoms with Crippen LogP contribution >= 0.6 is 31.9 Å². The first-order valence-electron chi connectivity index (χ1n) is 8.87. The van der Waals surface area contributed by atoms with E-state index in [9.17, 15) is 0 Å². The van der Waals surface area contributed by atoms with Gasteiger partial charge in [-0.2, -0.15) is 0 Å². The molecule has 0 amide bonds. The monoisotopic (exact) mass is 486 g/mol. The smallest absolute Gasteiger partial charge is 0.0372 e. The van der Waals surface area contributed by atoms with Crippen molar-refractivity contribution in [3.05, 3.63) is 92.4 Å². The largest absolute Gasteiger partial charge is 0.378 e. The van der Waals surface area contributed by atoms with E-state index in [1.54, 1.807) is 0 Å². The topological polar surface area (TPSA) is 6.48 Å². The normalized spacial score (nSPS) is 10.9. The third kappa shape index (κ3) is 4.39. The highest BCUT2D eigenvalue weighted by Crippen LogP contribution is 2.41. The lowest BCUT2D eigenvalue weighted by Gasteiger charge is -2.24. The summed E-state index contributed by atoms with van der Waals surface area (Å²) in [5.41, 5.74) is 6.14. The van der Waals surface area contributed by atoms with E-state index in [4.69, 9.17) is 0 Å². The molecule has 0 unspecified atom stereocenters. The van der Waals surface area contributed by atoms with E-state index in [0.717, 1.165) is 8.95 Å². The maximum absolute atomic E-state index is 3.82. The molecular formula is C23H24Br2N2. The molecule has 0 atom stereocenters. The first kappa shape index (κ1) is 20.0. The van der Waals surface area contributed by atoms with Crippen LogP contribution in [0.1, 0.15) is 22.6 Å². The van der Waals surface area contributed by atoms with Crippen LogP contribution in [0.15, 0.2) is 75.7 Å². The highest BCUT2D eigenvalue weighted by molar-refractivity contribution is 9.10. The molecule has 0 aliphatic heterocycles. The van der Waals surface area contributed by atoms with Crippen molar-refractivity contribution in [2.75, 3.05) is 38.0 Å². The lowest BCUT2D eigenvalue weighted by atomic mass is 9.85. The zero-order valence-electron chi connectivity index (χ0n) is 16.1. The summed E-state index contributed by atoms with van der Waals surface area (Å²) in [5, 5.41) is 0. The molecule has 140 valence electrons. The van der Waals surface area contributed by atoms with Gasteiger partial charge < -0.3 is 9.80 Å². The molecule has 3 aromatic carbocycles. The molecule has 0 aliphatic rings. The van der Waals surface area contributed by atoms with Gasteiger partial charge in [0.25, 0.3) is 0 Å². The molecule has 3 aromatic rings. The van der Waals surface area contributed by atoms with E-state index in [2.05, 4.69) is 137 Å². The number of hydrogen-bond donors (Lipinski definition) is 0. The number of hydrogen-bond acceptors (Lipinski definition) is 2. The van der Waals surface area contributed by atoms with Crippen LogP contribution in [0.3, 0.4) is 0 Å². The fourth-order valence-electron chi connectivity index (χ4n) is 3.23. The minimum Gasteiger partial charge on any atom is -0.378 e. The van der Waals surface area contributed by atoms with Gasteiger partial charge in [-0.05, 0) is 41.0 Å². The highest BCUT2D eigenvalue weighted by Gasteiger charge is 2.22. The Morgan fingerprint density at radius 2 is 1.07 bits per heavy atom. The van der Waals surface area contributed by atoms with Crippen LogP contribution in [-0.4, -0.2) is 28.2 Å². The fourth-order valence-corrected chi connectivity index (χ4v) is 4.42. The second kappa shape index (κ2) is 8.49. The highest BCUT2D eigenvalue weighted by atomic mass is 79.9. The maximum atomic E-state index is 3.82. The molecule has 0 saturated heterocycles. The lowest BCUT2D eigenvalue weighted by Crippen LogP contribution is -2.11. The minimum atomic E-state index is 0.141. The third-order valence-electron chi connectivity index (χ3n) is 4.76. The Morgan fingerprint density at radius 3 is 1.44 bits per heavy atom. The molecule has 0 aliphatic carbocycles. The molecule has 0 heterocycles. The summed E-state index contributed by atoms with van der Waals surface area (Å²) in [7, 11) is 8.25. The zero-order chi connectivity index (χ0) is 19.6. The van der Waals surface area contributed by atoms with E-state index in [-0.39, 0.29) is 5.92 Å². The first-order chi connectivity index (χ1) is 12.9. The van der Waals surface area contributed by atoms with Gasteiger partial charge in [-0.25, -0.2) is 0 Å². The lowest BCUT2D eigenvalue weighted by molar-refractivity contribution is 0.958. The second-order valence-corrected chi connectivity index (χ2v) is 8.75. The van der Waals surface area contributed by atoms with Crippen LogP contribution in [0.5, 0.6) is 0 Å². The van der Waals surface area contributed by atoms with Crippen LogP contribution in [0, 0.1) is 0 Å². The van der Waals surface area contributed by atoms with Gasteiger partial charge in [0.05, 0.1) is 0 Å². The van der Waals surface area contributed by atoms with Crippen molar-refractivity contribution < 1.29 is 0 Å². The first-order valence-corrected chi connectivity index (χ1v) is 10.5. The third-order valence-corrected chi connectivity index (χ3v) is 6.13. The number of nitrogens with zero attached hydrogens (tertiary/aromatic N) is 2. The minimum absolute atomic E-state index is 0.141. The summed E-state index contributed by atoms with van der Waals surface area (Å²) >= 11 is 7.65. The summed E-state index contributed by atoms with van der Waals surface area (Å²) < 4.78 is 2.23. The summed E-state index contributed by atoms with van der Waals surface area (Å²) in [6, 6.07) is 23.9. The molecule has 0 N–H and O–H groups in total. The molecule has 2 nitrogen and oxygen atoms in total. The molecule has 27 heavy (non-hydrogen) atoms. The zero-order valence-corrected chi connectivity index (χ0v) is 19.3. The van der Waals surface area contributed by atoms with E-state index in [1.807, 2.05) is 0 Å². The SMILES string of the molecule is CN(C)c1ccc(C(c2ccccc2)c2ccc(N(C)C)cc2Br)c(Br)c1. The molecule has 4 heteroatoms. The van der Waals surface area contributed by atoms with Crippen molar-refractivity contribution >= 4 is 43.2 Å². The van der Waals surface area contributed by atoms with Gasteiger partial charge >= 0.3 is 0 Å². The number of halogens is 2. The number of rotatable bonds is 5. The Morgan fingerprint density at radius 1 is 0.630 bits per heavy atom. The summed E-state index contributed by atoms with van der Waals surface area (Å²) in [6.07, 6.45) is 0. The summed E-state index contributed by atoms with van der Waals surface area (Å²) in [4.78, 5) is 4.24. The Kier molecular flexibility index (Phi) is 6.28. The van der Waals surface area contributed by atoms with Crippen molar-refractivity contribution in [2.45, 2.75) is 5.92 Å². The summed E-state index contributed by atoms with van der Waals surface area (Å²) in [6.45, 7) is 0. The number of anilines is 2. The van der Waals surface area contributed by atoms with Crippen LogP contribution < -0.4 is 9.80 Å². The van der Waals surface area contributed by atoms with E-state index in [1.165, 1.54) is 28.1 Å². The Hall–Kier alpha value is -1.78. The molecule has 0 fully saturated rings. The van der Waals surface area contributed by atoms with Crippen LogP contribution in [0.25, 0.3) is 0 Å². The van der Waals surface area contributed by atoms with Gasteiger partial charge in [0.2, 0.25) is 0 Å². The van der Waals surface area contributed by atoms with E-state index in [0.29, 0.717) is 0 Å². The van der Waals surface area contributed by atoms with Gasteiger partial charge in [0.15, 0.2) is 0 Å². The Balaban J connectivity index is 2.17. The van der Waals surface area contributed by atoms with Crippen molar-refractivity contribution in [1.29, 1.82) is 0 Å². The van der Waals surface area contributed by atoms with Gasteiger partial charge in [-0.15, -0.1) is 0 Å². The van der Waals surface area contributed by atoms with Crippen molar-refractivity contribution in [3.63, 3.8) is 0 Å². The van der Waals surface area contributed by atoms with Crippen molar-refractivity contribution in [2.24, 2.45) is 0 Å². The predicted molar refractivity (Wildman–Crippen MR) is 124 cm³/mol. The molecule has 0 spiro atoms. The van der Waals surface area contributed by atoms with Gasteiger partial charge in [0, 0.05) is 54.4 Å². The quantitative estimate of drug-likeness (QED) is 0.378. The summed E-state index contributed by atoms with van der Waals surface area (Å²) in [5.74, 6) is 0.141. The van der Waals surface area contributed by atoms with Crippen LogP contribution in [-0.2, 0) is 0 Å². The van der Waals surface area contributed by atoms with Gasteiger partial charge in [-0.3, -0.25) is 0 Å². The van der Waals surface area contributed by atoms with Gasteiger partial charge in [0.1, 0.15) is 0 Å². The Labute approximate surface area is 179 Å². The molecule has 0 saturated carbocycles. The standard InChI is InChI=1S/C23H24Br2N2/c1-26(2)17-10-12-19(21(24)14-17)23(16-8-6-5-7-9-16)20-13-11-18(27(3)4)15-22(20)25/h5-15,23H,1-4H3. The average Bonchev–Trinajstić information content (AvgIpc) is 2.65. The molecule has 0 radical (unpaired) electrons. The maximum Gasteiger partial charge on any atom is 0.0372 e. The Bertz CT molecular complexity index is 863. The predicted octanol–water partition coefficient (Wildman–Crippen LogP) is 6.52. The van der Waals surface area contributed by atoms with E-state index < -0.39 is 0 Å². The van der Waals surface area contributed by atoms with Crippen LogP contribution in [0.2, 0.25) is 0 Å². The average molecular weight is 488 g/mol. The number of benzene rings is 3. The molecule has 0 aromatic heterocycles. The van der Waals surface area contributed by atoms with Crippen LogP contribution in [0.4, 0.5) is 11.4 Å². The van der Waals surface area contributed by atoms with Crippen molar-refractivity contribution in [3.8, 4) is 0 Å². The van der Waals surface area contributed by atoms with Crippen molar-refractivity contribution in [1.82, 2.24) is 0 Å². The fraction of sp³-hybridized carbons (Fsp3) is 0.217. The van der Waals surface area contributed by atoms with E-state index >= 15 is 0 Å². The molecule has 3 rings (SSSR count).